The SMILES string of the molecule is CC(C)c1cccc(OCc2cccnc2C#N)c1. The Morgan fingerprint density at radius 1 is 1.26 bits per heavy atom. The third-order valence-corrected chi connectivity index (χ3v) is 2.92. The highest BCUT2D eigenvalue weighted by Crippen LogP contribution is 2.21. The summed E-state index contributed by atoms with van der Waals surface area (Å²) >= 11 is 0. The molecular formula is C16H16N2O. The summed E-state index contributed by atoms with van der Waals surface area (Å²) in [6, 6.07) is 13.8. The molecule has 0 spiro atoms. The number of hydrogen-bond acceptors (Lipinski definition) is 3. The zero-order valence-corrected chi connectivity index (χ0v) is 11.1. The minimum Gasteiger partial charge on any atom is -0.489 e. The number of benzene rings is 1. The van der Waals surface area contributed by atoms with Crippen LogP contribution in [0.2, 0.25) is 0 Å². The molecule has 0 aliphatic carbocycles. The van der Waals surface area contributed by atoms with Crippen LogP contribution in [0.4, 0.5) is 0 Å². The summed E-state index contributed by atoms with van der Waals surface area (Å²) in [4.78, 5) is 4.01. The maximum absolute atomic E-state index is 8.96. The predicted octanol–water partition coefficient (Wildman–Crippen LogP) is 3.66. The van der Waals surface area contributed by atoms with E-state index in [4.69, 9.17) is 10.00 Å². The molecule has 0 saturated carbocycles. The van der Waals surface area contributed by atoms with Crippen LogP contribution in [0.15, 0.2) is 42.6 Å². The van der Waals surface area contributed by atoms with E-state index in [2.05, 4.69) is 31.0 Å². The van der Waals surface area contributed by atoms with Gasteiger partial charge in [0.2, 0.25) is 0 Å². The smallest absolute Gasteiger partial charge is 0.147 e. The molecule has 0 aliphatic rings. The standard InChI is InChI=1S/C16H16N2O/c1-12(2)13-5-3-7-15(9-13)19-11-14-6-4-8-18-16(14)10-17/h3-9,12H,11H2,1-2H3. The van der Waals surface area contributed by atoms with E-state index in [1.54, 1.807) is 6.20 Å². The first-order valence-corrected chi connectivity index (χ1v) is 6.27. The molecule has 2 aromatic rings. The maximum atomic E-state index is 8.96. The van der Waals surface area contributed by atoms with E-state index >= 15 is 0 Å². The zero-order valence-electron chi connectivity index (χ0n) is 11.1. The summed E-state index contributed by atoms with van der Waals surface area (Å²) in [5, 5.41) is 8.96. The minimum atomic E-state index is 0.359. The Balaban J connectivity index is 2.11. The topological polar surface area (TPSA) is 45.9 Å². The number of hydrogen-bond donors (Lipinski definition) is 0. The van der Waals surface area contributed by atoms with Gasteiger partial charge >= 0.3 is 0 Å². The van der Waals surface area contributed by atoms with Crippen molar-refractivity contribution in [3.05, 3.63) is 59.4 Å². The van der Waals surface area contributed by atoms with E-state index in [0.717, 1.165) is 11.3 Å². The lowest BCUT2D eigenvalue weighted by Crippen LogP contribution is -2.00. The second-order valence-electron chi connectivity index (χ2n) is 4.64. The Labute approximate surface area is 113 Å². The van der Waals surface area contributed by atoms with Crippen LogP contribution in [0.5, 0.6) is 5.75 Å². The van der Waals surface area contributed by atoms with Crippen LogP contribution in [0, 0.1) is 11.3 Å². The van der Waals surface area contributed by atoms with Crippen LogP contribution in [0.1, 0.15) is 36.6 Å². The van der Waals surface area contributed by atoms with Crippen molar-refractivity contribution >= 4 is 0 Å². The van der Waals surface area contributed by atoms with Gasteiger partial charge in [-0.2, -0.15) is 5.26 Å². The fraction of sp³-hybridized carbons (Fsp3) is 0.250. The largest absolute Gasteiger partial charge is 0.489 e. The Kier molecular flexibility index (Phi) is 4.15. The van der Waals surface area contributed by atoms with Gasteiger partial charge in [-0.1, -0.05) is 32.0 Å². The van der Waals surface area contributed by atoms with Crippen LogP contribution < -0.4 is 4.74 Å². The molecule has 1 aromatic carbocycles. The molecule has 1 aromatic heterocycles. The summed E-state index contributed by atoms with van der Waals surface area (Å²) < 4.78 is 5.73. The van der Waals surface area contributed by atoms with Crippen molar-refractivity contribution in [3.63, 3.8) is 0 Å². The number of rotatable bonds is 4. The number of aromatic nitrogens is 1. The van der Waals surface area contributed by atoms with Gasteiger partial charge in [0.25, 0.3) is 0 Å². The summed E-state index contributed by atoms with van der Waals surface area (Å²) in [6.45, 7) is 4.65. The lowest BCUT2D eigenvalue weighted by molar-refractivity contribution is 0.305. The summed E-state index contributed by atoms with van der Waals surface area (Å²) in [5.74, 6) is 1.29. The van der Waals surface area contributed by atoms with Crippen molar-refractivity contribution in [2.75, 3.05) is 0 Å². The van der Waals surface area contributed by atoms with Crippen LogP contribution in [-0.4, -0.2) is 4.98 Å². The first kappa shape index (κ1) is 13.1. The van der Waals surface area contributed by atoms with Gasteiger partial charge in [0, 0.05) is 11.8 Å². The summed E-state index contributed by atoms with van der Waals surface area (Å²) in [5.41, 5.74) is 2.46. The fourth-order valence-corrected chi connectivity index (χ4v) is 1.78. The molecule has 2 rings (SSSR count). The predicted molar refractivity (Wildman–Crippen MR) is 73.8 cm³/mol. The minimum absolute atomic E-state index is 0.359. The molecule has 1 heterocycles. The van der Waals surface area contributed by atoms with Gasteiger partial charge in [-0.25, -0.2) is 4.98 Å². The number of pyridine rings is 1. The van der Waals surface area contributed by atoms with Crippen LogP contribution in [-0.2, 0) is 6.61 Å². The molecule has 0 atom stereocenters. The highest BCUT2D eigenvalue weighted by Gasteiger charge is 2.04. The molecule has 0 aliphatic heterocycles. The average Bonchev–Trinajstić information content (AvgIpc) is 2.45. The van der Waals surface area contributed by atoms with Crippen molar-refractivity contribution in [2.45, 2.75) is 26.4 Å². The Morgan fingerprint density at radius 3 is 2.84 bits per heavy atom. The second kappa shape index (κ2) is 6.01. The van der Waals surface area contributed by atoms with Crippen molar-refractivity contribution < 1.29 is 4.74 Å². The van der Waals surface area contributed by atoms with E-state index in [9.17, 15) is 0 Å². The molecule has 3 nitrogen and oxygen atoms in total. The van der Waals surface area contributed by atoms with E-state index in [1.165, 1.54) is 5.56 Å². The molecular weight excluding hydrogens is 236 g/mol. The van der Waals surface area contributed by atoms with Gasteiger partial charge in [-0.05, 0) is 29.7 Å². The van der Waals surface area contributed by atoms with Gasteiger partial charge in [0.15, 0.2) is 0 Å². The molecule has 0 unspecified atom stereocenters. The first-order chi connectivity index (χ1) is 9.20. The third kappa shape index (κ3) is 3.32. The van der Waals surface area contributed by atoms with Gasteiger partial charge < -0.3 is 4.74 Å². The van der Waals surface area contributed by atoms with E-state index in [-0.39, 0.29) is 0 Å². The number of nitriles is 1. The van der Waals surface area contributed by atoms with Crippen LogP contribution in [0.3, 0.4) is 0 Å². The van der Waals surface area contributed by atoms with Crippen molar-refractivity contribution in [2.24, 2.45) is 0 Å². The summed E-state index contributed by atoms with van der Waals surface area (Å²) in [6.07, 6.45) is 1.61. The lowest BCUT2D eigenvalue weighted by atomic mass is 10.0. The van der Waals surface area contributed by atoms with Crippen molar-refractivity contribution in [1.29, 1.82) is 5.26 Å². The third-order valence-electron chi connectivity index (χ3n) is 2.92. The maximum Gasteiger partial charge on any atom is 0.147 e. The van der Waals surface area contributed by atoms with E-state index in [0.29, 0.717) is 18.2 Å². The highest BCUT2D eigenvalue weighted by atomic mass is 16.5. The monoisotopic (exact) mass is 252 g/mol. The van der Waals surface area contributed by atoms with Crippen molar-refractivity contribution in [1.82, 2.24) is 4.98 Å². The first-order valence-electron chi connectivity index (χ1n) is 6.27. The zero-order chi connectivity index (χ0) is 13.7. The van der Waals surface area contributed by atoms with E-state index < -0.39 is 0 Å². The number of nitrogens with zero attached hydrogens (tertiary/aromatic N) is 2. The van der Waals surface area contributed by atoms with Crippen LogP contribution >= 0.6 is 0 Å². The van der Waals surface area contributed by atoms with Gasteiger partial charge in [0.05, 0.1) is 0 Å². The Morgan fingerprint density at radius 2 is 2.11 bits per heavy atom. The lowest BCUT2D eigenvalue weighted by Gasteiger charge is -2.10. The van der Waals surface area contributed by atoms with Gasteiger partial charge in [-0.15, -0.1) is 0 Å². The second-order valence-corrected chi connectivity index (χ2v) is 4.64. The molecule has 0 fully saturated rings. The van der Waals surface area contributed by atoms with Crippen molar-refractivity contribution in [3.8, 4) is 11.8 Å². The van der Waals surface area contributed by atoms with Gasteiger partial charge in [-0.3, -0.25) is 0 Å². The molecule has 96 valence electrons. The normalized spacial score (nSPS) is 10.2. The molecule has 0 radical (unpaired) electrons. The highest BCUT2D eigenvalue weighted by molar-refractivity contribution is 5.33. The summed E-state index contributed by atoms with van der Waals surface area (Å²) in [7, 11) is 0. The molecule has 3 heteroatoms. The molecule has 0 bridgehead atoms. The molecule has 0 amide bonds. The Bertz CT molecular complexity index is 600. The number of ether oxygens (including phenoxy) is 1. The average molecular weight is 252 g/mol. The van der Waals surface area contributed by atoms with Crippen LogP contribution in [0.25, 0.3) is 0 Å². The molecule has 0 N–H and O–H groups in total. The Hall–Kier alpha value is -2.34. The molecule has 0 saturated heterocycles. The quantitative estimate of drug-likeness (QED) is 0.834. The van der Waals surface area contributed by atoms with Gasteiger partial charge in [0.1, 0.15) is 24.1 Å². The van der Waals surface area contributed by atoms with E-state index in [1.807, 2.05) is 30.3 Å². The molecule has 19 heavy (non-hydrogen) atoms. The fourth-order valence-electron chi connectivity index (χ4n) is 1.78.